The second kappa shape index (κ2) is 10.6. The van der Waals surface area contributed by atoms with Crippen LogP contribution in [0, 0.1) is 5.92 Å². The van der Waals surface area contributed by atoms with Crippen molar-refractivity contribution in [2.75, 3.05) is 20.3 Å². The fourth-order valence-corrected chi connectivity index (χ4v) is 4.15. The van der Waals surface area contributed by atoms with Gasteiger partial charge in [0, 0.05) is 6.54 Å². The predicted molar refractivity (Wildman–Crippen MR) is 127 cm³/mol. The fraction of sp³-hybridized carbons (Fsp3) is 0.261. The number of amides is 1. The van der Waals surface area contributed by atoms with Crippen LogP contribution < -0.4 is 9.47 Å². The molecule has 2 aromatic rings. The van der Waals surface area contributed by atoms with Crippen molar-refractivity contribution in [1.29, 1.82) is 0 Å². The Morgan fingerprint density at radius 1 is 1.25 bits per heavy atom. The van der Waals surface area contributed by atoms with Gasteiger partial charge in [0.1, 0.15) is 11.5 Å². The summed E-state index contributed by atoms with van der Waals surface area (Å²) < 4.78 is 10.3. The van der Waals surface area contributed by atoms with Crippen LogP contribution in [0.4, 0.5) is 5.69 Å². The summed E-state index contributed by atoms with van der Waals surface area (Å²) in [6.07, 6.45) is 1.74. The molecule has 1 fully saturated rings. The zero-order valence-corrected chi connectivity index (χ0v) is 19.4. The van der Waals surface area contributed by atoms with Gasteiger partial charge in [-0.15, -0.1) is 0 Å². The lowest BCUT2D eigenvalue weighted by Gasteiger charge is -2.17. The summed E-state index contributed by atoms with van der Waals surface area (Å²) in [6, 6.07) is 12.2. The highest BCUT2D eigenvalue weighted by Crippen LogP contribution is 2.36. The number of methoxy groups -OCH3 is 1. The number of ether oxygens (including phenoxy) is 2. The first kappa shape index (κ1) is 23.7. The Morgan fingerprint density at radius 2 is 1.97 bits per heavy atom. The maximum Gasteiger partial charge on any atom is 0.341 e. The van der Waals surface area contributed by atoms with Crippen molar-refractivity contribution < 1.29 is 24.2 Å². The van der Waals surface area contributed by atoms with E-state index < -0.39 is 12.6 Å². The van der Waals surface area contributed by atoms with E-state index in [1.54, 1.807) is 36.3 Å². The molecule has 0 aromatic heterocycles. The van der Waals surface area contributed by atoms with Crippen molar-refractivity contribution in [3.05, 3.63) is 58.0 Å². The smallest absolute Gasteiger partial charge is 0.341 e. The van der Waals surface area contributed by atoms with Gasteiger partial charge in [-0.1, -0.05) is 31.5 Å². The normalized spacial score (nSPS) is 16.3. The molecule has 32 heavy (non-hydrogen) atoms. The van der Waals surface area contributed by atoms with E-state index in [1.807, 2.05) is 38.1 Å². The van der Waals surface area contributed by atoms with Crippen molar-refractivity contribution in [1.82, 2.24) is 4.90 Å². The molecule has 1 aliphatic rings. The van der Waals surface area contributed by atoms with Crippen LogP contribution in [-0.2, 0) is 9.59 Å². The molecular weight excluding hydrogens is 452 g/mol. The van der Waals surface area contributed by atoms with Gasteiger partial charge in [-0.3, -0.25) is 9.69 Å². The van der Waals surface area contributed by atoms with E-state index in [0.717, 1.165) is 11.4 Å². The third-order valence-electron chi connectivity index (χ3n) is 4.34. The molecule has 9 heteroatoms. The largest absolute Gasteiger partial charge is 0.497 e. The third kappa shape index (κ3) is 6.05. The zero-order valence-electron chi connectivity index (χ0n) is 17.9. The highest BCUT2D eigenvalue weighted by molar-refractivity contribution is 8.18. The van der Waals surface area contributed by atoms with Crippen LogP contribution in [0.3, 0.4) is 0 Å². The molecule has 0 spiro atoms. The molecule has 1 heterocycles. The van der Waals surface area contributed by atoms with Gasteiger partial charge in [0.05, 0.1) is 22.7 Å². The number of carboxylic acids is 1. The number of carbonyl (C=O) groups is 2. The molecule has 0 aliphatic carbocycles. The fourth-order valence-electron chi connectivity index (χ4n) is 2.90. The van der Waals surface area contributed by atoms with Crippen molar-refractivity contribution in [2.24, 2.45) is 10.9 Å². The number of nitrogens with zero attached hydrogens (tertiary/aromatic N) is 2. The quantitative estimate of drug-likeness (QED) is 0.537. The Bertz CT molecular complexity index is 1070. The van der Waals surface area contributed by atoms with Crippen LogP contribution in [0.2, 0.25) is 5.02 Å². The Hall–Kier alpha value is -2.97. The number of hydrogen-bond donors (Lipinski definition) is 1. The molecule has 3 rings (SSSR count). The average molecular weight is 475 g/mol. The van der Waals surface area contributed by atoms with Gasteiger partial charge in [0.25, 0.3) is 5.91 Å². The first-order chi connectivity index (χ1) is 15.3. The first-order valence-electron chi connectivity index (χ1n) is 9.85. The Kier molecular flexibility index (Phi) is 7.82. The number of benzene rings is 2. The van der Waals surface area contributed by atoms with Gasteiger partial charge in [0.15, 0.2) is 11.8 Å². The number of aliphatic carboxylic acids is 1. The second-order valence-corrected chi connectivity index (χ2v) is 8.80. The predicted octanol–water partition coefficient (Wildman–Crippen LogP) is 5.07. The summed E-state index contributed by atoms with van der Waals surface area (Å²) in [4.78, 5) is 30.6. The molecule has 0 atom stereocenters. The van der Waals surface area contributed by atoms with E-state index in [0.29, 0.717) is 22.2 Å². The van der Waals surface area contributed by atoms with E-state index in [1.165, 1.54) is 11.8 Å². The minimum atomic E-state index is -1.09. The van der Waals surface area contributed by atoms with Crippen LogP contribution in [0.1, 0.15) is 19.4 Å². The number of hydrogen-bond acceptors (Lipinski definition) is 6. The molecule has 0 bridgehead atoms. The molecular formula is C23H23ClN2O5S. The number of thioether (sulfide) groups is 1. The minimum Gasteiger partial charge on any atom is -0.497 e. The highest BCUT2D eigenvalue weighted by Gasteiger charge is 2.33. The molecule has 0 radical (unpaired) electrons. The maximum atomic E-state index is 13.1. The lowest BCUT2D eigenvalue weighted by Crippen LogP contribution is -2.32. The molecule has 1 amide bonds. The van der Waals surface area contributed by atoms with Gasteiger partial charge in [-0.25, -0.2) is 9.79 Å². The summed E-state index contributed by atoms with van der Waals surface area (Å²) in [5.41, 5.74) is 1.42. The van der Waals surface area contributed by atoms with Crippen LogP contribution in [0.5, 0.6) is 11.5 Å². The van der Waals surface area contributed by atoms with Crippen LogP contribution in [0.15, 0.2) is 52.4 Å². The number of carboxylic acid groups (broad SMARTS) is 1. The van der Waals surface area contributed by atoms with Gasteiger partial charge in [-0.2, -0.15) is 0 Å². The number of halogens is 1. The summed E-state index contributed by atoms with van der Waals surface area (Å²) >= 11 is 7.51. The summed E-state index contributed by atoms with van der Waals surface area (Å²) in [5.74, 6) is 0.0497. The van der Waals surface area contributed by atoms with Crippen molar-refractivity contribution >= 4 is 52.2 Å². The van der Waals surface area contributed by atoms with Crippen LogP contribution in [0.25, 0.3) is 6.08 Å². The van der Waals surface area contributed by atoms with E-state index >= 15 is 0 Å². The molecule has 7 nitrogen and oxygen atoms in total. The van der Waals surface area contributed by atoms with Crippen molar-refractivity contribution in [3.63, 3.8) is 0 Å². The standard InChI is InChI=1S/C23H23ClN2O5S/c1-14(2)12-26-22(29)20(32-23(26)25-16-5-7-17(30-3)8-6-16)11-15-4-9-19(18(24)10-15)31-13-21(27)28/h4-11,14H,12-13H2,1-3H3,(H,27,28)/b20-11+,25-23?. The summed E-state index contributed by atoms with van der Waals surface area (Å²) in [6.45, 7) is 4.14. The van der Waals surface area contributed by atoms with E-state index in [2.05, 4.69) is 4.99 Å². The maximum absolute atomic E-state index is 13.1. The number of amidine groups is 1. The van der Waals surface area contributed by atoms with Crippen LogP contribution in [-0.4, -0.2) is 47.3 Å². The van der Waals surface area contributed by atoms with Crippen molar-refractivity contribution in [3.8, 4) is 11.5 Å². The van der Waals surface area contributed by atoms with Crippen LogP contribution >= 0.6 is 23.4 Å². The molecule has 1 aliphatic heterocycles. The van der Waals surface area contributed by atoms with Gasteiger partial charge in [-0.05, 0) is 65.7 Å². The Morgan fingerprint density at radius 3 is 2.56 bits per heavy atom. The molecule has 1 saturated heterocycles. The summed E-state index contributed by atoms with van der Waals surface area (Å²) in [7, 11) is 1.60. The van der Waals surface area contributed by atoms with E-state index in [9.17, 15) is 9.59 Å². The SMILES string of the molecule is COc1ccc(N=C2S/C(=C/c3ccc(OCC(=O)O)c(Cl)c3)C(=O)N2CC(C)C)cc1. The van der Waals surface area contributed by atoms with Gasteiger partial charge < -0.3 is 14.6 Å². The molecule has 1 N–H and O–H groups in total. The number of rotatable bonds is 8. The Labute approximate surface area is 195 Å². The van der Waals surface area contributed by atoms with E-state index in [4.69, 9.17) is 26.2 Å². The molecule has 0 saturated carbocycles. The van der Waals surface area contributed by atoms with Gasteiger partial charge >= 0.3 is 5.97 Å². The Balaban J connectivity index is 1.87. The van der Waals surface area contributed by atoms with Gasteiger partial charge in [0.2, 0.25) is 0 Å². The lowest BCUT2D eigenvalue weighted by molar-refractivity contribution is -0.139. The average Bonchev–Trinajstić information content (AvgIpc) is 3.02. The second-order valence-electron chi connectivity index (χ2n) is 7.38. The number of aliphatic imine (C=N–C) groups is 1. The van der Waals surface area contributed by atoms with Crippen molar-refractivity contribution in [2.45, 2.75) is 13.8 Å². The molecule has 0 unspecified atom stereocenters. The third-order valence-corrected chi connectivity index (χ3v) is 5.64. The summed E-state index contributed by atoms with van der Waals surface area (Å²) in [5, 5.41) is 9.61. The zero-order chi connectivity index (χ0) is 23.3. The minimum absolute atomic E-state index is 0.127. The monoisotopic (exact) mass is 474 g/mol. The molecule has 2 aromatic carbocycles. The van der Waals surface area contributed by atoms with E-state index in [-0.39, 0.29) is 22.6 Å². The lowest BCUT2D eigenvalue weighted by atomic mass is 10.2. The first-order valence-corrected chi connectivity index (χ1v) is 11.0. The highest BCUT2D eigenvalue weighted by atomic mass is 35.5. The molecule has 168 valence electrons. The topological polar surface area (TPSA) is 88.4 Å². The number of carbonyl (C=O) groups excluding carboxylic acids is 1.